The van der Waals surface area contributed by atoms with Gasteiger partial charge in [0.25, 0.3) is 0 Å². The Hall–Kier alpha value is -0.590. The van der Waals surface area contributed by atoms with E-state index in [4.69, 9.17) is 4.89 Å². The van der Waals surface area contributed by atoms with Crippen molar-refractivity contribution in [2.24, 2.45) is 0 Å². The molecule has 96 valence electrons. The van der Waals surface area contributed by atoms with Crippen molar-refractivity contribution in [1.29, 1.82) is 0 Å². The summed E-state index contributed by atoms with van der Waals surface area (Å²) in [6.45, 7) is -0.165. The minimum atomic E-state index is -4.65. The summed E-state index contributed by atoms with van der Waals surface area (Å²) in [4.78, 5) is 19.7. The second kappa shape index (κ2) is 6.22. The van der Waals surface area contributed by atoms with Crippen LogP contribution in [0.15, 0.2) is 0 Å². The number of alkyl halides is 3. The average Bonchev–Trinajstić information content (AvgIpc) is 2.10. The molecule has 0 rings (SSSR count). The number of halogens is 3. The highest BCUT2D eigenvalue weighted by Crippen LogP contribution is 2.41. The Kier molecular flexibility index (Phi) is 5.99. The van der Waals surface area contributed by atoms with E-state index < -0.39 is 32.5 Å². The molecular formula is C7H12F3O5P. The summed E-state index contributed by atoms with van der Waals surface area (Å²) >= 11 is 0. The standard InChI is InChI=1S/C7H12F3O5P/c1-2-3-15-16(12,13)4-6(11)14-5-7(8,9)10/h2-5H2,1H3,(H,12,13). The molecule has 0 aliphatic carbocycles. The van der Waals surface area contributed by atoms with Crippen LogP contribution in [0.2, 0.25) is 0 Å². The molecule has 0 heterocycles. The fourth-order valence-corrected chi connectivity index (χ4v) is 1.63. The fraction of sp³-hybridized carbons (Fsp3) is 0.857. The van der Waals surface area contributed by atoms with E-state index >= 15 is 0 Å². The molecule has 0 radical (unpaired) electrons. The van der Waals surface area contributed by atoms with Crippen LogP contribution in [0, 0.1) is 0 Å². The number of rotatable bonds is 6. The third-order valence-corrected chi connectivity index (χ3v) is 2.47. The minimum Gasteiger partial charge on any atom is -0.456 e. The van der Waals surface area contributed by atoms with Crippen LogP contribution in [0.1, 0.15) is 13.3 Å². The second-order valence-corrected chi connectivity index (χ2v) is 4.75. The molecule has 0 spiro atoms. The maximum Gasteiger partial charge on any atom is 0.422 e. The fourth-order valence-electron chi connectivity index (χ4n) is 0.651. The van der Waals surface area contributed by atoms with E-state index in [9.17, 15) is 22.5 Å². The quantitative estimate of drug-likeness (QED) is 0.584. The second-order valence-electron chi connectivity index (χ2n) is 2.90. The average molecular weight is 264 g/mol. The van der Waals surface area contributed by atoms with Crippen molar-refractivity contribution in [2.45, 2.75) is 19.5 Å². The molecule has 0 bridgehead atoms. The number of ether oxygens (including phenoxy) is 1. The molecule has 0 amide bonds. The van der Waals surface area contributed by atoms with Gasteiger partial charge in [-0.3, -0.25) is 9.36 Å². The lowest BCUT2D eigenvalue weighted by Crippen LogP contribution is -2.22. The van der Waals surface area contributed by atoms with E-state index in [0.717, 1.165) is 0 Å². The number of carbonyl (C=O) groups excluding carboxylic acids is 1. The summed E-state index contributed by atoms with van der Waals surface area (Å²) in [6, 6.07) is 0. The molecule has 1 atom stereocenters. The van der Waals surface area contributed by atoms with Gasteiger partial charge in [0.05, 0.1) is 6.61 Å². The van der Waals surface area contributed by atoms with Gasteiger partial charge in [-0.25, -0.2) is 0 Å². The zero-order valence-electron chi connectivity index (χ0n) is 8.49. The Labute approximate surface area is 90.1 Å². The van der Waals surface area contributed by atoms with Crippen LogP contribution in [0.4, 0.5) is 13.2 Å². The predicted molar refractivity (Wildman–Crippen MR) is 47.9 cm³/mol. The van der Waals surface area contributed by atoms with E-state index in [2.05, 4.69) is 9.26 Å². The molecule has 0 aromatic heterocycles. The molecule has 0 aliphatic rings. The molecule has 0 saturated heterocycles. The van der Waals surface area contributed by atoms with Gasteiger partial charge in [-0.2, -0.15) is 13.2 Å². The van der Waals surface area contributed by atoms with Gasteiger partial charge in [0.2, 0.25) is 0 Å². The van der Waals surface area contributed by atoms with Crippen LogP contribution in [-0.2, 0) is 18.6 Å². The summed E-state index contributed by atoms with van der Waals surface area (Å²) in [5, 5.41) is 0. The van der Waals surface area contributed by atoms with Gasteiger partial charge >= 0.3 is 19.7 Å². The topological polar surface area (TPSA) is 72.8 Å². The Morgan fingerprint density at radius 2 is 2.00 bits per heavy atom. The zero-order chi connectivity index (χ0) is 12.8. The van der Waals surface area contributed by atoms with Crippen molar-refractivity contribution >= 4 is 13.6 Å². The summed E-state index contributed by atoms with van der Waals surface area (Å²) in [6.07, 6.45) is -5.29. The van der Waals surface area contributed by atoms with Crippen LogP contribution in [0.5, 0.6) is 0 Å². The first kappa shape index (κ1) is 15.4. The molecule has 0 saturated carbocycles. The van der Waals surface area contributed by atoms with Crippen molar-refractivity contribution in [3.8, 4) is 0 Å². The third kappa shape index (κ3) is 8.70. The first-order chi connectivity index (χ1) is 7.16. The van der Waals surface area contributed by atoms with Gasteiger partial charge in [0.1, 0.15) is 6.16 Å². The summed E-state index contributed by atoms with van der Waals surface area (Å²) in [7, 11) is -4.19. The summed E-state index contributed by atoms with van der Waals surface area (Å²) in [5.74, 6) is -1.42. The van der Waals surface area contributed by atoms with E-state index in [1.165, 1.54) is 0 Å². The van der Waals surface area contributed by atoms with Crippen molar-refractivity contribution < 1.29 is 36.7 Å². The molecule has 5 nitrogen and oxygen atoms in total. The van der Waals surface area contributed by atoms with E-state index in [1.54, 1.807) is 6.92 Å². The van der Waals surface area contributed by atoms with Gasteiger partial charge in [-0.15, -0.1) is 0 Å². The molecule has 0 aliphatic heterocycles. The highest BCUT2D eigenvalue weighted by atomic mass is 31.2. The Morgan fingerprint density at radius 3 is 2.44 bits per heavy atom. The number of carbonyl (C=O) groups is 1. The van der Waals surface area contributed by atoms with Gasteiger partial charge < -0.3 is 14.2 Å². The normalized spacial score (nSPS) is 15.6. The minimum absolute atomic E-state index is 0.0552. The van der Waals surface area contributed by atoms with Gasteiger partial charge in [0, 0.05) is 0 Å². The monoisotopic (exact) mass is 264 g/mol. The zero-order valence-corrected chi connectivity index (χ0v) is 9.38. The van der Waals surface area contributed by atoms with Crippen molar-refractivity contribution in [3.63, 3.8) is 0 Å². The largest absolute Gasteiger partial charge is 0.456 e. The van der Waals surface area contributed by atoms with Crippen molar-refractivity contribution in [3.05, 3.63) is 0 Å². The van der Waals surface area contributed by atoms with Crippen LogP contribution in [-0.4, -0.2) is 36.4 Å². The highest BCUT2D eigenvalue weighted by Gasteiger charge is 2.32. The van der Waals surface area contributed by atoms with Crippen LogP contribution in [0.25, 0.3) is 0 Å². The maximum atomic E-state index is 11.6. The lowest BCUT2D eigenvalue weighted by atomic mass is 10.5. The number of hydrogen-bond donors (Lipinski definition) is 1. The lowest BCUT2D eigenvalue weighted by molar-refractivity contribution is -0.184. The van der Waals surface area contributed by atoms with Crippen LogP contribution >= 0.6 is 7.60 Å². The Morgan fingerprint density at radius 1 is 1.44 bits per heavy atom. The lowest BCUT2D eigenvalue weighted by Gasteiger charge is -2.11. The first-order valence-corrected chi connectivity index (χ1v) is 6.11. The SMILES string of the molecule is CCCOP(=O)(O)CC(=O)OCC(F)(F)F. The smallest absolute Gasteiger partial charge is 0.422 e. The Balaban J connectivity index is 3.99. The number of esters is 1. The van der Waals surface area contributed by atoms with Crippen molar-refractivity contribution in [2.75, 3.05) is 19.4 Å². The molecule has 0 aromatic rings. The molecule has 9 heteroatoms. The number of hydrogen-bond acceptors (Lipinski definition) is 4. The molecular weight excluding hydrogens is 252 g/mol. The van der Waals surface area contributed by atoms with Crippen LogP contribution in [0.3, 0.4) is 0 Å². The molecule has 0 aromatic carbocycles. The van der Waals surface area contributed by atoms with E-state index in [-0.39, 0.29) is 6.61 Å². The molecule has 1 N–H and O–H groups in total. The van der Waals surface area contributed by atoms with Gasteiger partial charge in [-0.05, 0) is 6.42 Å². The highest BCUT2D eigenvalue weighted by molar-refractivity contribution is 7.53. The molecule has 1 unspecified atom stereocenters. The summed E-state index contributed by atoms with van der Waals surface area (Å²) < 4.78 is 54.0. The van der Waals surface area contributed by atoms with Crippen molar-refractivity contribution in [1.82, 2.24) is 0 Å². The summed E-state index contributed by atoms with van der Waals surface area (Å²) in [5.41, 5.74) is 0. The third-order valence-electron chi connectivity index (χ3n) is 1.22. The van der Waals surface area contributed by atoms with E-state index in [0.29, 0.717) is 6.42 Å². The van der Waals surface area contributed by atoms with Gasteiger partial charge in [-0.1, -0.05) is 6.92 Å². The van der Waals surface area contributed by atoms with Gasteiger partial charge in [0.15, 0.2) is 6.61 Å². The van der Waals surface area contributed by atoms with E-state index in [1.807, 2.05) is 0 Å². The maximum absolute atomic E-state index is 11.6. The molecule has 16 heavy (non-hydrogen) atoms. The first-order valence-electron chi connectivity index (χ1n) is 4.35. The molecule has 0 fully saturated rings. The van der Waals surface area contributed by atoms with Crippen LogP contribution < -0.4 is 0 Å². The Bertz CT molecular complexity index is 278. The predicted octanol–water partition coefficient (Wildman–Crippen LogP) is 1.70.